The minimum atomic E-state index is -0.0794. The third kappa shape index (κ3) is 4.12. The number of nitrogens with one attached hydrogen (secondary N) is 1. The zero-order valence-electron chi connectivity index (χ0n) is 18.4. The van der Waals surface area contributed by atoms with Crippen molar-refractivity contribution in [1.82, 2.24) is 19.9 Å². The second kappa shape index (κ2) is 8.96. The molecule has 1 N–H and O–H groups in total. The van der Waals surface area contributed by atoms with Crippen LogP contribution in [-0.4, -0.2) is 19.6 Å². The molecule has 5 rings (SSSR count). The van der Waals surface area contributed by atoms with Gasteiger partial charge in [-0.05, 0) is 91.8 Å². The molecule has 1 aromatic carbocycles. The lowest BCUT2D eigenvalue weighted by molar-refractivity contribution is 0.563. The van der Waals surface area contributed by atoms with E-state index in [1.807, 2.05) is 55.0 Å². The van der Waals surface area contributed by atoms with Gasteiger partial charge >= 0.3 is 0 Å². The lowest BCUT2D eigenvalue weighted by Crippen LogP contribution is -2.29. The molecular formula is C26H24ClN5S. The van der Waals surface area contributed by atoms with Crippen molar-refractivity contribution in [3.05, 3.63) is 112 Å². The number of aromatic nitrogens is 3. The molecule has 166 valence electrons. The number of hydrogen-bond donors (Lipinski definition) is 1. The lowest BCUT2D eigenvalue weighted by Gasteiger charge is -2.28. The van der Waals surface area contributed by atoms with Crippen LogP contribution in [0.1, 0.15) is 40.3 Å². The largest absolute Gasteiger partial charge is 0.351 e. The van der Waals surface area contributed by atoms with Crippen molar-refractivity contribution < 1.29 is 0 Å². The first-order valence-corrected chi connectivity index (χ1v) is 11.6. The third-order valence-corrected chi connectivity index (χ3v) is 6.79. The van der Waals surface area contributed by atoms with Crippen molar-refractivity contribution in [3.63, 3.8) is 0 Å². The van der Waals surface area contributed by atoms with Crippen LogP contribution in [0.3, 0.4) is 0 Å². The van der Waals surface area contributed by atoms with Crippen LogP contribution >= 0.6 is 23.8 Å². The van der Waals surface area contributed by atoms with E-state index >= 15 is 0 Å². The smallest absolute Gasteiger partial charge is 0.174 e. The number of rotatable bonds is 5. The number of anilines is 1. The molecule has 33 heavy (non-hydrogen) atoms. The summed E-state index contributed by atoms with van der Waals surface area (Å²) in [7, 11) is 0. The SMILES string of the molecule is Cc1cc([C@H]2[C@H](c3ccccn3)NC(=S)N2c2ccc(Cl)cc2)c(C)n1Cc1ccncc1. The van der Waals surface area contributed by atoms with Gasteiger partial charge in [0.25, 0.3) is 0 Å². The maximum Gasteiger partial charge on any atom is 0.174 e. The molecule has 1 aliphatic heterocycles. The molecule has 7 heteroatoms. The first kappa shape index (κ1) is 21.6. The molecule has 1 fully saturated rings. The van der Waals surface area contributed by atoms with Gasteiger partial charge in [0.2, 0.25) is 0 Å². The maximum atomic E-state index is 6.17. The van der Waals surface area contributed by atoms with Gasteiger partial charge in [-0.1, -0.05) is 17.7 Å². The Morgan fingerprint density at radius 2 is 1.76 bits per heavy atom. The average Bonchev–Trinajstić information content (AvgIpc) is 3.32. The van der Waals surface area contributed by atoms with Gasteiger partial charge in [-0.15, -0.1) is 0 Å². The summed E-state index contributed by atoms with van der Waals surface area (Å²) < 4.78 is 2.35. The molecule has 0 amide bonds. The molecule has 5 nitrogen and oxygen atoms in total. The Labute approximate surface area is 204 Å². The summed E-state index contributed by atoms with van der Waals surface area (Å²) >= 11 is 12.0. The summed E-state index contributed by atoms with van der Waals surface area (Å²) in [6, 6.07) is 20.1. The van der Waals surface area contributed by atoms with E-state index in [1.54, 1.807) is 0 Å². The molecule has 0 saturated carbocycles. The van der Waals surface area contributed by atoms with E-state index in [9.17, 15) is 0 Å². The van der Waals surface area contributed by atoms with Crippen LogP contribution in [-0.2, 0) is 6.54 Å². The van der Waals surface area contributed by atoms with Gasteiger partial charge in [-0.2, -0.15) is 0 Å². The molecule has 4 aromatic rings. The van der Waals surface area contributed by atoms with Crippen LogP contribution in [0.2, 0.25) is 5.02 Å². The third-order valence-electron chi connectivity index (χ3n) is 6.22. The van der Waals surface area contributed by atoms with Gasteiger partial charge < -0.3 is 14.8 Å². The molecule has 1 aliphatic rings. The predicted molar refractivity (Wildman–Crippen MR) is 137 cm³/mol. The average molecular weight is 474 g/mol. The fourth-order valence-electron chi connectivity index (χ4n) is 4.59. The van der Waals surface area contributed by atoms with E-state index in [1.165, 1.54) is 22.5 Å². The number of nitrogens with zero attached hydrogens (tertiary/aromatic N) is 4. The number of thiocarbonyl (C=S) groups is 1. The van der Waals surface area contributed by atoms with E-state index in [0.717, 1.165) is 17.9 Å². The van der Waals surface area contributed by atoms with E-state index in [-0.39, 0.29) is 12.1 Å². The molecule has 0 aliphatic carbocycles. The molecule has 4 heterocycles. The normalized spacial score (nSPS) is 17.9. The Morgan fingerprint density at radius 1 is 1.00 bits per heavy atom. The van der Waals surface area contributed by atoms with E-state index in [4.69, 9.17) is 23.8 Å². The quantitative estimate of drug-likeness (QED) is 0.372. The van der Waals surface area contributed by atoms with Crippen LogP contribution in [0.5, 0.6) is 0 Å². The van der Waals surface area contributed by atoms with E-state index < -0.39 is 0 Å². The number of aryl methyl sites for hydroxylation is 1. The number of benzene rings is 1. The van der Waals surface area contributed by atoms with Crippen molar-refractivity contribution in [1.29, 1.82) is 0 Å². The first-order valence-electron chi connectivity index (χ1n) is 10.8. The van der Waals surface area contributed by atoms with Crippen molar-refractivity contribution in [2.24, 2.45) is 0 Å². The second-order valence-electron chi connectivity index (χ2n) is 8.24. The van der Waals surface area contributed by atoms with Crippen molar-refractivity contribution in [3.8, 4) is 0 Å². The van der Waals surface area contributed by atoms with E-state index in [2.05, 4.69) is 62.9 Å². The Kier molecular flexibility index (Phi) is 5.87. The standard InChI is InChI=1S/C26H24ClN5S/c1-17-15-22(18(2)31(17)16-19-10-13-28-14-11-19)25-24(23-5-3-4-12-29-23)30-26(33)32(25)21-8-6-20(27)7-9-21/h3-15,24-25H,16H2,1-2H3,(H,30,33)/t24-,25-/m0/s1. The number of hydrogen-bond acceptors (Lipinski definition) is 3. The summed E-state index contributed by atoms with van der Waals surface area (Å²) in [6.45, 7) is 5.13. The highest BCUT2D eigenvalue weighted by Gasteiger charge is 2.42. The Bertz CT molecular complexity index is 1270. The molecule has 3 aromatic heterocycles. The number of pyridine rings is 2. The molecule has 0 bridgehead atoms. The monoisotopic (exact) mass is 473 g/mol. The van der Waals surface area contributed by atoms with Crippen LogP contribution in [0, 0.1) is 13.8 Å². The fourth-order valence-corrected chi connectivity index (χ4v) is 5.06. The fraction of sp³-hybridized carbons (Fsp3) is 0.192. The van der Waals surface area contributed by atoms with Crippen molar-refractivity contribution in [2.45, 2.75) is 32.5 Å². The molecule has 1 saturated heterocycles. The number of halogens is 1. The Hall–Kier alpha value is -3.22. The van der Waals surface area contributed by atoms with Crippen LogP contribution < -0.4 is 10.2 Å². The van der Waals surface area contributed by atoms with Gasteiger partial charge in [0.05, 0.1) is 17.8 Å². The lowest BCUT2D eigenvalue weighted by atomic mass is 9.96. The maximum absolute atomic E-state index is 6.17. The molecule has 0 radical (unpaired) electrons. The van der Waals surface area contributed by atoms with Crippen molar-refractivity contribution in [2.75, 3.05) is 4.90 Å². The highest BCUT2D eigenvalue weighted by atomic mass is 35.5. The first-order chi connectivity index (χ1) is 16.0. The molecule has 0 unspecified atom stereocenters. The van der Waals surface area contributed by atoms with Crippen LogP contribution in [0.25, 0.3) is 0 Å². The Morgan fingerprint density at radius 3 is 2.45 bits per heavy atom. The zero-order valence-corrected chi connectivity index (χ0v) is 20.0. The van der Waals surface area contributed by atoms with Gasteiger partial charge in [-0.25, -0.2) is 0 Å². The van der Waals surface area contributed by atoms with Crippen molar-refractivity contribution >= 4 is 34.6 Å². The topological polar surface area (TPSA) is 46.0 Å². The summed E-state index contributed by atoms with van der Waals surface area (Å²) in [5.74, 6) is 0. The predicted octanol–water partition coefficient (Wildman–Crippen LogP) is 5.77. The van der Waals surface area contributed by atoms with Gasteiger partial charge in [0.15, 0.2) is 5.11 Å². The highest BCUT2D eigenvalue weighted by molar-refractivity contribution is 7.80. The minimum Gasteiger partial charge on any atom is -0.351 e. The Balaban J connectivity index is 1.62. The van der Waals surface area contributed by atoms with Crippen LogP contribution in [0.4, 0.5) is 5.69 Å². The summed E-state index contributed by atoms with van der Waals surface area (Å²) in [6.07, 6.45) is 5.50. The van der Waals surface area contributed by atoms with Gasteiger partial charge in [0.1, 0.15) is 0 Å². The summed E-state index contributed by atoms with van der Waals surface area (Å²) in [5, 5.41) is 4.91. The molecule has 0 spiro atoms. The molecule has 2 atom stereocenters. The highest BCUT2D eigenvalue weighted by Crippen LogP contribution is 2.43. The minimum absolute atomic E-state index is 0.0500. The molecular weight excluding hydrogens is 450 g/mol. The second-order valence-corrected chi connectivity index (χ2v) is 9.06. The van der Waals surface area contributed by atoms with Crippen LogP contribution in [0.15, 0.2) is 79.3 Å². The van der Waals surface area contributed by atoms with Gasteiger partial charge in [-0.3, -0.25) is 9.97 Å². The van der Waals surface area contributed by atoms with Gasteiger partial charge in [0, 0.05) is 47.2 Å². The summed E-state index contributed by atoms with van der Waals surface area (Å²) in [5.41, 5.74) is 6.81. The van der Waals surface area contributed by atoms with E-state index in [0.29, 0.717) is 10.1 Å². The zero-order chi connectivity index (χ0) is 22.9. The summed E-state index contributed by atoms with van der Waals surface area (Å²) in [4.78, 5) is 11.0.